The van der Waals surface area contributed by atoms with Crippen molar-refractivity contribution in [3.8, 4) is 0 Å². The number of carbonyl (C=O) groups excluding carboxylic acids is 1. The third-order valence-electron chi connectivity index (χ3n) is 4.39. The fourth-order valence-corrected chi connectivity index (χ4v) is 4.55. The topological polar surface area (TPSA) is 66.5 Å². The molecule has 0 aromatic heterocycles. The highest BCUT2D eigenvalue weighted by Gasteiger charge is 2.27. The maximum absolute atomic E-state index is 13.2. The molecule has 0 fully saturated rings. The summed E-state index contributed by atoms with van der Waals surface area (Å²) in [7, 11) is -3.90. The molecule has 0 radical (unpaired) electrons. The van der Waals surface area contributed by atoms with Crippen molar-refractivity contribution in [2.75, 3.05) is 10.8 Å². The van der Waals surface area contributed by atoms with Gasteiger partial charge in [-0.1, -0.05) is 60.1 Å². The zero-order valence-electron chi connectivity index (χ0n) is 15.8. The van der Waals surface area contributed by atoms with Crippen LogP contribution >= 0.6 is 11.6 Å². The average Bonchev–Trinajstić information content (AvgIpc) is 2.73. The molecule has 0 spiro atoms. The summed E-state index contributed by atoms with van der Waals surface area (Å²) in [5.41, 5.74) is 1.25. The van der Waals surface area contributed by atoms with Gasteiger partial charge in [-0.15, -0.1) is 0 Å². The first-order valence-electron chi connectivity index (χ1n) is 9.05. The summed E-state index contributed by atoms with van der Waals surface area (Å²) in [6.45, 7) is 1.48. The molecule has 3 aromatic carbocycles. The zero-order chi connectivity index (χ0) is 20.9. The lowest BCUT2D eigenvalue weighted by Gasteiger charge is -2.25. The Balaban J connectivity index is 1.85. The van der Waals surface area contributed by atoms with E-state index >= 15 is 0 Å². The Hall–Kier alpha value is -2.83. The van der Waals surface area contributed by atoms with Gasteiger partial charge in [0.1, 0.15) is 6.54 Å². The molecule has 0 aliphatic heterocycles. The molecule has 3 rings (SSSR count). The minimum atomic E-state index is -3.90. The number of nitrogens with zero attached hydrogens (tertiary/aromatic N) is 1. The van der Waals surface area contributed by atoms with E-state index in [9.17, 15) is 13.2 Å². The number of para-hydroxylation sites is 1. The number of hydrogen-bond acceptors (Lipinski definition) is 3. The molecule has 7 heteroatoms. The predicted octanol–water partition coefficient (Wildman–Crippen LogP) is 4.41. The number of rotatable bonds is 7. The molecule has 29 heavy (non-hydrogen) atoms. The zero-order valence-corrected chi connectivity index (χ0v) is 17.4. The van der Waals surface area contributed by atoms with Gasteiger partial charge in [-0.3, -0.25) is 9.10 Å². The molecule has 0 saturated heterocycles. The van der Waals surface area contributed by atoms with Crippen LogP contribution in [0.1, 0.15) is 18.5 Å². The quantitative estimate of drug-likeness (QED) is 0.606. The highest BCUT2D eigenvalue weighted by Crippen LogP contribution is 2.23. The Bertz CT molecular complexity index is 1070. The van der Waals surface area contributed by atoms with Crippen molar-refractivity contribution in [1.29, 1.82) is 0 Å². The van der Waals surface area contributed by atoms with E-state index in [0.717, 1.165) is 9.87 Å². The van der Waals surface area contributed by atoms with Crippen LogP contribution in [-0.2, 0) is 14.8 Å². The second-order valence-corrected chi connectivity index (χ2v) is 8.80. The summed E-state index contributed by atoms with van der Waals surface area (Å²) in [5.74, 6) is -0.416. The standard InChI is InChI=1S/C22H21ClN2O3S/c1-17(18-9-8-10-19(23)15-18)24-22(26)16-25(20-11-4-2-5-12-20)29(27,28)21-13-6-3-7-14-21/h2-15,17H,16H2,1H3,(H,24,26)/t17-/m0/s1. The maximum Gasteiger partial charge on any atom is 0.264 e. The van der Waals surface area contributed by atoms with Crippen molar-refractivity contribution in [3.63, 3.8) is 0 Å². The second kappa shape index (κ2) is 9.11. The van der Waals surface area contributed by atoms with Crippen molar-refractivity contribution < 1.29 is 13.2 Å². The summed E-state index contributed by atoms with van der Waals surface area (Å²) >= 11 is 6.02. The van der Waals surface area contributed by atoms with Gasteiger partial charge in [0.25, 0.3) is 10.0 Å². The van der Waals surface area contributed by atoms with Crippen LogP contribution in [0.2, 0.25) is 5.02 Å². The molecule has 1 amide bonds. The van der Waals surface area contributed by atoms with Crippen molar-refractivity contribution in [3.05, 3.63) is 95.5 Å². The first-order valence-corrected chi connectivity index (χ1v) is 10.9. The molecular formula is C22H21ClN2O3S. The Morgan fingerprint density at radius 1 is 0.966 bits per heavy atom. The third kappa shape index (κ3) is 5.16. The Labute approximate surface area is 176 Å². The van der Waals surface area contributed by atoms with Crippen molar-refractivity contribution >= 4 is 33.2 Å². The molecule has 5 nitrogen and oxygen atoms in total. The van der Waals surface area contributed by atoms with E-state index in [1.54, 1.807) is 66.7 Å². The molecule has 0 heterocycles. The molecule has 3 aromatic rings. The van der Waals surface area contributed by atoms with Crippen LogP contribution in [0.3, 0.4) is 0 Å². The van der Waals surface area contributed by atoms with E-state index < -0.39 is 15.9 Å². The molecule has 0 saturated carbocycles. The minimum absolute atomic E-state index is 0.125. The van der Waals surface area contributed by atoms with Crippen molar-refractivity contribution in [2.45, 2.75) is 17.9 Å². The lowest BCUT2D eigenvalue weighted by atomic mass is 10.1. The summed E-state index contributed by atoms with van der Waals surface area (Å²) < 4.78 is 27.5. The van der Waals surface area contributed by atoms with Crippen molar-refractivity contribution in [2.24, 2.45) is 0 Å². The molecular weight excluding hydrogens is 408 g/mol. The molecule has 0 unspecified atom stereocenters. The van der Waals surface area contributed by atoms with Gasteiger partial charge < -0.3 is 5.32 Å². The van der Waals surface area contributed by atoms with Gasteiger partial charge in [-0.2, -0.15) is 0 Å². The predicted molar refractivity (Wildman–Crippen MR) is 115 cm³/mol. The summed E-state index contributed by atoms with van der Waals surface area (Å²) in [4.78, 5) is 12.8. The van der Waals surface area contributed by atoms with E-state index in [2.05, 4.69) is 5.32 Å². The smallest absolute Gasteiger partial charge is 0.264 e. The van der Waals surface area contributed by atoms with Gasteiger partial charge in [0.2, 0.25) is 5.91 Å². The second-order valence-electron chi connectivity index (χ2n) is 6.50. The van der Waals surface area contributed by atoms with E-state index in [1.165, 1.54) is 12.1 Å². The number of sulfonamides is 1. The number of hydrogen-bond donors (Lipinski definition) is 1. The first kappa shape index (κ1) is 20.9. The van der Waals surface area contributed by atoms with Gasteiger partial charge in [0.15, 0.2) is 0 Å². The Morgan fingerprint density at radius 2 is 1.59 bits per heavy atom. The van der Waals surface area contributed by atoms with Crippen LogP contribution in [0.15, 0.2) is 89.8 Å². The van der Waals surface area contributed by atoms with E-state index in [-0.39, 0.29) is 17.5 Å². The highest BCUT2D eigenvalue weighted by molar-refractivity contribution is 7.92. The van der Waals surface area contributed by atoms with Gasteiger partial charge in [-0.25, -0.2) is 8.42 Å². The van der Waals surface area contributed by atoms with Crippen molar-refractivity contribution in [1.82, 2.24) is 5.32 Å². The number of nitrogens with one attached hydrogen (secondary N) is 1. The fraction of sp³-hybridized carbons (Fsp3) is 0.136. The van der Waals surface area contributed by atoms with Gasteiger partial charge >= 0.3 is 0 Å². The summed E-state index contributed by atoms with van der Waals surface area (Å²) in [6.07, 6.45) is 0. The van der Waals surface area contributed by atoms with Gasteiger partial charge in [0, 0.05) is 5.02 Å². The monoisotopic (exact) mass is 428 g/mol. The number of amides is 1. The largest absolute Gasteiger partial charge is 0.348 e. The van der Waals surface area contributed by atoms with Gasteiger partial charge in [0.05, 0.1) is 16.6 Å². The van der Waals surface area contributed by atoms with Crippen LogP contribution in [0.5, 0.6) is 0 Å². The SMILES string of the molecule is C[C@H](NC(=O)CN(c1ccccc1)S(=O)(=O)c1ccccc1)c1cccc(Cl)c1. The maximum atomic E-state index is 13.2. The van der Waals surface area contributed by atoms with Crippen LogP contribution in [0.25, 0.3) is 0 Å². The van der Waals surface area contributed by atoms with Gasteiger partial charge in [-0.05, 0) is 48.9 Å². The van der Waals surface area contributed by atoms with E-state index in [1.807, 2.05) is 13.0 Å². The molecule has 1 N–H and O–H groups in total. The minimum Gasteiger partial charge on any atom is -0.348 e. The first-order chi connectivity index (χ1) is 13.9. The molecule has 0 aliphatic carbocycles. The number of halogens is 1. The Kier molecular flexibility index (Phi) is 6.56. The Morgan fingerprint density at radius 3 is 2.21 bits per heavy atom. The molecule has 0 aliphatic rings. The van der Waals surface area contributed by atoms with Crippen LogP contribution in [0.4, 0.5) is 5.69 Å². The lowest BCUT2D eigenvalue weighted by Crippen LogP contribution is -2.41. The van der Waals surface area contributed by atoms with E-state index in [4.69, 9.17) is 11.6 Å². The molecule has 150 valence electrons. The summed E-state index contributed by atoms with van der Waals surface area (Å²) in [6, 6.07) is 23.5. The third-order valence-corrected chi connectivity index (χ3v) is 6.41. The van der Waals surface area contributed by atoms with Crippen LogP contribution in [0, 0.1) is 0 Å². The van der Waals surface area contributed by atoms with Crippen LogP contribution in [-0.4, -0.2) is 20.9 Å². The fourth-order valence-electron chi connectivity index (χ4n) is 2.91. The summed E-state index contributed by atoms with van der Waals surface area (Å²) in [5, 5.41) is 3.41. The van der Waals surface area contributed by atoms with Crippen LogP contribution < -0.4 is 9.62 Å². The normalized spacial score (nSPS) is 12.2. The highest BCUT2D eigenvalue weighted by atomic mass is 35.5. The number of carbonyl (C=O) groups is 1. The average molecular weight is 429 g/mol. The lowest BCUT2D eigenvalue weighted by molar-refractivity contribution is -0.120. The number of benzene rings is 3. The molecule has 0 bridgehead atoms. The van der Waals surface area contributed by atoms with E-state index in [0.29, 0.717) is 10.7 Å². The molecule has 1 atom stereocenters. The number of anilines is 1.